The summed E-state index contributed by atoms with van der Waals surface area (Å²) in [6, 6.07) is 1.74. The summed E-state index contributed by atoms with van der Waals surface area (Å²) in [5.41, 5.74) is 0.835. The second-order valence-electron chi connectivity index (χ2n) is 5.08. The van der Waals surface area contributed by atoms with E-state index in [9.17, 15) is 4.79 Å². The van der Waals surface area contributed by atoms with Gasteiger partial charge in [-0.15, -0.1) is 12.4 Å². The quantitative estimate of drug-likeness (QED) is 0.862. The maximum Gasteiger partial charge on any atom is 0.269 e. The lowest BCUT2D eigenvalue weighted by Crippen LogP contribution is -2.43. The topological polar surface area (TPSA) is 59.0 Å². The van der Waals surface area contributed by atoms with Gasteiger partial charge in [-0.25, -0.2) is 0 Å². The average molecular weight is 273 g/mol. The number of rotatable bonds is 3. The summed E-state index contributed by atoms with van der Waals surface area (Å²) in [6.07, 6.45) is 3.86. The van der Waals surface area contributed by atoms with Gasteiger partial charge in [0.25, 0.3) is 5.91 Å². The van der Waals surface area contributed by atoms with Crippen molar-refractivity contribution >= 4 is 18.3 Å². The van der Waals surface area contributed by atoms with Crippen LogP contribution in [0.2, 0.25) is 0 Å². The molecule has 1 amide bonds. The summed E-state index contributed by atoms with van der Waals surface area (Å²) in [4.78, 5) is 11.9. The normalized spacial score (nSPS) is 17.9. The lowest BCUT2D eigenvalue weighted by Gasteiger charge is -2.34. The van der Waals surface area contributed by atoms with E-state index < -0.39 is 0 Å². The number of carbonyl (C=O) groups excluding carboxylic acids is 1. The number of nitrogens with one attached hydrogen (secondary N) is 2. The zero-order valence-electron chi connectivity index (χ0n) is 10.9. The molecule has 0 bridgehead atoms. The largest absolute Gasteiger partial charge is 0.350 e. The highest BCUT2D eigenvalue weighted by Gasteiger charge is 2.27. The Kier molecular flexibility index (Phi) is 5.16. The summed E-state index contributed by atoms with van der Waals surface area (Å²) in [7, 11) is 1.78. The van der Waals surface area contributed by atoms with Crippen LogP contribution in [0.15, 0.2) is 12.3 Å². The van der Waals surface area contributed by atoms with Crippen molar-refractivity contribution in [2.24, 2.45) is 12.5 Å². The zero-order valence-corrected chi connectivity index (χ0v) is 11.7. The van der Waals surface area contributed by atoms with Gasteiger partial charge in [0.1, 0.15) is 5.69 Å². The average Bonchev–Trinajstić information content (AvgIpc) is 2.74. The van der Waals surface area contributed by atoms with Gasteiger partial charge in [-0.05, 0) is 37.4 Å². The van der Waals surface area contributed by atoms with Crippen molar-refractivity contribution in [3.8, 4) is 0 Å². The van der Waals surface area contributed by atoms with E-state index in [1.165, 1.54) is 0 Å². The molecule has 2 rings (SSSR count). The first kappa shape index (κ1) is 15.0. The van der Waals surface area contributed by atoms with Gasteiger partial charge in [-0.3, -0.25) is 9.48 Å². The molecule has 1 saturated heterocycles. The van der Waals surface area contributed by atoms with Crippen molar-refractivity contribution in [1.29, 1.82) is 0 Å². The molecule has 1 aromatic heterocycles. The lowest BCUT2D eigenvalue weighted by molar-refractivity contribution is 0.0913. The maximum atomic E-state index is 11.9. The van der Waals surface area contributed by atoms with Gasteiger partial charge >= 0.3 is 0 Å². The first-order valence-corrected chi connectivity index (χ1v) is 6.08. The number of aromatic nitrogens is 2. The van der Waals surface area contributed by atoms with E-state index in [2.05, 4.69) is 22.7 Å². The van der Waals surface area contributed by atoms with E-state index in [1.807, 2.05) is 0 Å². The Hall–Kier alpha value is -1.07. The predicted molar refractivity (Wildman–Crippen MR) is 73.0 cm³/mol. The van der Waals surface area contributed by atoms with Crippen molar-refractivity contribution in [2.75, 3.05) is 19.6 Å². The molecular weight excluding hydrogens is 252 g/mol. The Labute approximate surface area is 114 Å². The zero-order chi connectivity index (χ0) is 12.3. The van der Waals surface area contributed by atoms with Crippen LogP contribution in [0, 0.1) is 5.41 Å². The number of carbonyl (C=O) groups is 1. The van der Waals surface area contributed by atoms with Crippen LogP contribution in [0.4, 0.5) is 0 Å². The van der Waals surface area contributed by atoms with Crippen LogP contribution >= 0.6 is 12.4 Å². The van der Waals surface area contributed by atoms with Crippen LogP contribution in [0.25, 0.3) is 0 Å². The highest BCUT2D eigenvalue weighted by atomic mass is 35.5. The van der Waals surface area contributed by atoms with Gasteiger partial charge in [0.05, 0.1) is 0 Å². The number of amides is 1. The number of halogens is 1. The molecule has 0 aliphatic carbocycles. The Morgan fingerprint density at radius 3 is 2.78 bits per heavy atom. The monoisotopic (exact) mass is 272 g/mol. The molecule has 0 unspecified atom stereocenters. The molecule has 0 radical (unpaired) electrons. The Morgan fingerprint density at radius 2 is 2.22 bits per heavy atom. The minimum Gasteiger partial charge on any atom is -0.350 e. The molecule has 0 atom stereocenters. The number of aryl methyl sites for hydroxylation is 1. The molecule has 6 heteroatoms. The van der Waals surface area contributed by atoms with Crippen LogP contribution in [0.1, 0.15) is 30.3 Å². The standard InChI is InChI=1S/C12H20N4O.ClH/c1-12(4-7-13-8-5-12)9-14-11(17)10-3-6-15-16(10)2;/h3,6,13H,4-5,7-9H2,1-2H3,(H,14,17);1H. The SMILES string of the molecule is Cl.Cn1nccc1C(=O)NCC1(C)CCNCC1. The second kappa shape index (κ2) is 6.20. The Balaban J connectivity index is 0.00000162. The highest BCUT2D eigenvalue weighted by Crippen LogP contribution is 2.26. The summed E-state index contributed by atoms with van der Waals surface area (Å²) in [6.45, 7) is 5.05. The van der Waals surface area contributed by atoms with Crippen LogP contribution in [-0.4, -0.2) is 35.3 Å². The van der Waals surface area contributed by atoms with Gasteiger partial charge in [0.2, 0.25) is 0 Å². The summed E-state index contributed by atoms with van der Waals surface area (Å²) in [5, 5.41) is 10.3. The van der Waals surface area contributed by atoms with Crippen LogP contribution < -0.4 is 10.6 Å². The molecule has 102 valence electrons. The molecule has 2 heterocycles. The first-order valence-electron chi connectivity index (χ1n) is 6.08. The van der Waals surface area contributed by atoms with E-state index in [4.69, 9.17) is 0 Å². The smallest absolute Gasteiger partial charge is 0.269 e. The molecule has 0 aromatic carbocycles. The molecule has 0 saturated carbocycles. The summed E-state index contributed by atoms with van der Waals surface area (Å²) in [5.74, 6) is -0.0373. The molecule has 1 fully saturated rings. The molecule has 1 aliphatic heterocycles. The third-order valence-corrected chi connectivity index (χ3v) is 3.54. The van der Waals surface area contributed by atoms with Gasteiger partial charge in [-0.1, -0.05) is 6.92 Å². The minimum absolute atomic E-state index is 0. The van der Waals surface area contributed by atoms with Crippen molar-refractivity contribution in [1.82, 2.24) is 20.4 Å². The fourth-order valence-electron chi connectivity index (χ4n) is 2.19. The molecular formula is C12H21ClN4O. The lowest BCUT2D eigenvalue weighted by atomic mass is 9.81. The van der Waals surface area contributed by atoms with Gasteiger partial charge in [-0.2, -0.15) is 5.10 Å². The summed E-state index contributed by atoms with van der Waals surface area (Å²) < 4.78 is 1.60. The molecule has 1 aromatic rings. The van der Waals surface area contributed by atoms with Crippen molar-refractivity contribution in [3.05, 3.63) is 18.0 Å². The van der Waals surface area contributed by atoms with Crippen molar-refractivity contribution in [2.45, 2.75) is 19.8 Å². The predicted octanol–water partition coefficient (Wildman–Crippen LogP) is 0.961. The third-order valence-electron chi connectivity index (χ3n) is 3.54. The number of hydrogen-bond acceptors (Lipinski definition) is 3. The Morgan fingerprint density at radius 1 is 1.56 bits per heavy atom. The van der Waals surface area contributed by atoms with E-state index in [0.717, 1.165) is 32.5 Å². The number of nitrogens with zero attached hydrogens (tertiary/aromatic N) is 2. The Bertz CT molecular complexity index is 399. The van der Waals surface area contributed by atoms with Gasteiger partial charge < -0.3 is 10.6 Å². The van der Waals surface area contributed by atoms with Crippen LogP contribution in [-0.2, 0) is 7.05 Å². The van der Waals surface area contributed by atoms with E-state index in [0.29, 0.717) is 5.69 Å². The van der Waals surface area contributed by atoms with Crippen molar-refractivity contribution in [3.63, 3.8) is 0 Å². The van der Waals surface area contributed by atoms with Gasteiger partial charge in [0, 0.05) is 19.8 Å². The van der Waals surface area contributed by atoms with E-state index >= 15 is 0 Å². The molecule has 1 aliphatic rings. The van der Waals surface area contributed by atoms with E-state index in [1.54, 1.807) is 24.0 Å². The van der Waals surface area contributed by atoms with Gasteiger partial charge in [0.15, 0.2) is 0 Å². The molecule has 0 spiro atoms. The van der Waals surface area contributed by atoms with E-state index in [-0.39, 0.29) is 23.7 Å². The maximum absolute atomic E-state index is 11.9. The molecule has 5 nitrogen and oxygen atoms in total. The molecule has 18 heavy (non-hydrogen) atoms. The summed E-state index contributed by atoms with van der Waals surface area (Å²) >= 11 is 0. The van der Waals surface area contributed by atoms with Crippen molar-refractivity contribution < 1.29 is 4.79 Å². The third kappa shape index (κ3) is 3.46. The highest BCUT2D eigenvalue weighted by molar-refractivity contribution is 5.92. The fourth-order valence-corrected chi connectivity index (χ4v) is 2.19. The van der Waals surface area contributed by atoms with Crippen LogP contribution in [0.5, 0.6) is 0 Å². The second-order valence-corrected chi connectivity index (χ2v) is 5.08. The number of hydrogen-bond donors (Lipinski definition) is 2. The molecule has 2 N–H and O–H groups in total. The first-order chi connectivity index (χ1) is 8.11. The fraction of sp³-hybridized carbons (Fsp3) is 0.667. The number of piperidine rings is 1. The minimum atomic E-state index is -0.0373. The van der Waals surface area contributed by atoms with Crippen LogP contribution in [0.3, 0.4) is 0 Å².